The Morgan fingerprint density at radius 3 is 2.59 bits per heavy atom. The number of aryl methyl sites for hydroxylation is 1. The number of halogens is 2. The van der Waals surface area contributed by atoms with Crippen LogP contribution in [0.3, 0.4) is 0 Å². The van der Waals surface area contributed by atoms with E-state index < -0.39 is 17.2 Å². The molecule has 2 aromatic rings. The third-order valence-corrected chi connectivity index (χ3v) is 2.41. The number of hydrogen-bond donors (Lipinski definition) is 1. The minimum absolute atomic E-state index is 0.00184. The smallest absolute Gasteiger partial charge is 0.307 e. The summed E-state index contributed by atoms with van der Waals surface area (Å²) in [7, 11) is 1.63. The van der Waals surface area contributed by atoms with Crippen molar-refractivity contribution in [1.29, 1.82) is 0 Å². The Hall–Kier alpha value is -2.11. The first-order valence-electron chi connectivity index (χ1n) is 4.87. The molecule has 1 aromatic heterocycles. The Morgan fingerprint density at radius 2 is 2.06 bits per heavy atom. The van der Waals surface area contributed by atoms with E-state index in [2.05, 4.69) is 5.10 Å². The quantitative estimate of drug-likeness (QED) is 0.873. The lowest BCUT2D eigenvalue weighted by Crippen LogP contribution is -2.04. The summed E-state index contributed by atoms with van der Waals surface area (Å²) in [5.41, 5.74) is 0.0625. The molecule has 90 valence electrons. The van der Waals surface area contributed by atoms with E-state index in [1.807, 2.05) is 0 Å². The van der Waals surface area contributed by atoms with E-state index >= 15 is 0 Å². The molecule has 1 heterocycles. The van der Waals surface area contributed by atoms with Crippen LogP contribution in [-0.2, 0) is 7.05 Å². The Bertz CT molecular complexity index is 616. The number of benzene rings is 1. The molecule has 2 rings (SSSR count). The number of aromatic nitrogens is 2. The SMILES string of the molecule is Cc1c(Oc2ccc(F)cc2F)c(=O)[nH]n1C. The van der Waals surface area contributed by atoms with Crippen molar-refractivity contribution in [3.63, 3.8) is 0 Å². The molecule has 1 aromatic carbocycles. The van der Waals surface area contributed by atoms with Gasteiger partial charge in [-0.15, -0.1) is 0 Å². The second-order valence-electron chi connectivity index (χ2n) is 3.59. The predicted octanol–water partition coefficient (Wildman–Crippen LogP) is 2.09. The highest BCUT2D eigenvalue weighted by Crippen LogP contribution is 2.24. The third kappa shape index (κ3) is 2.06. The molecule has 4 nitrogen and oxygen atoms in total. The van der Waals surface area contributed by atoms with E-state index in [4.69, 9.17) is 4.74 Å². The zero-order valence-electron chi connectivity index (χ0n) is 9.25. The van der Waals surface area contributed by atoms with Crippen LogP contribution in [0.25, 0.3) is 0 Å². The van der Waals surface area contributed by atoms with Crippen LogP contribution in [0.5, 0.6) is 11.5 Å². The lowest BCUT2D eigenvalue weighted by molar-refractivity contribution is 0.431. The molecular formula is C11H10F2N2O2. The number of H-pyrrole nitrogens is 1. The van der Waals surface area contributed by atoms with Crippen molar-refractivity contribution >= 4 is 0 Å². The zero-order chi connectivity index (χ0) is 12.6. The monoisotopic (exact) mass is 240 g/mol. The van der Waals surface area contributed by atoms with E-state index in [-0.39, 0.29) is 11.5 Å². The maximum absolute atomic E-state index is 13.3. The van der Waals surface area contributed by atoms with Crippen molar-refractivity contribution in [3.05, 3.63) is 45.9 Å². The van der Waals surface area contributed by atoms with Crippen molar-refractivity contribution in [3.8, 4) is 11.5 Å². The van der Waals surface area contributed by atoms with E-state index in [1.54, 1.807) is 14.0 Å². The van der Waals surface area contributed by atoms with Gasteiger partial charge in [0.15, 0.2) is 11.6 Å². The minimum atomic E-state index is -0.854. The summed E-state index contributed by atoms with van der Waals surface area (Å²) in [5, 5.41) is 2.47. The lowest BCUT2D eigenvalue weighted by atomic mass is 10.3. The predicted molar refractivity (Wildman–Crippen MR) is 57.2 cm³/mol. The molecule has 6 heteroatoms. The van der Waals surface area contributed by atoms with Gasteiger partial charge in [0.2, 0.25) is 5.75 Å². The summed E-state index contributed by atoms with van der Waals surface area (Å²) in [6, 6.07) is 2.89. The van der Waals surface area contributed by atoms with Crippen LogP contribution in [0.2, 0.25) is 0 Å². The number of aromatic amines is 1. The van der Waals surface area contributed by atoms with Crippen LogP contribution in [0, 0.1) is 18.6 Å². The summed E-state index contributed by atoms with van der Waals surface area (Å²) in [6.07, 6.45) is 0. The Kier molecular flexibility index (Phi) is 2.71. The minimum Gasteiger partial charge on any atom is -0.446 e. The molecule has 0 radical (unpaired) electrons. The summed E-state index contributed by atoms with van der Waals surface area (Å²) < 4.78 is 32.6. The molecule has 17 heavy (non-hydrogen) atoms. The number of rotatable bonds is 2. The van der Waals surface area contributed by atoms with E-state index in [0.29, 0.717) is 11.8 Å². The van der Waals surface area contributed by atoms with Gasteiger partial charge in [0, 0.05) is 13.1 Å². The number of nitrogens with one attached hydrogen (secondary N) is 1. The Balaban J connectivity index is 2.41. The third-order valence-electron chi connectivity index (χ3n) is 2.41. The first-order valence-corrected chi connectivity index (χ1v) is 4.87. The second-order valence-corrected chi connectivity index (χ2v) is 3.59. The molecule has 0 spiro atoms. The van der Waals surface area contributed by atoms with Crippen LogP contribution in [-0.4, -0.2) is 9.78 Å². The normalized spacial score (nSPS) is 10.6. The second kappa shape index (κ2) is 4.04. The van der Waals surface area contributed by atoms with Crippen molar-refractivity contribution in [1.82, 2.24) is 9.78 Å². The van der Waals surface area contributed by atoms with Gasteiger partial charge in [-0.05, 0) is 19.1 Å². The van der Waals surface area contributed by atoms with E-state index in [9.17, 15) is 13.6 Å². The molecule has 0 aliphatic heterocycles. The van der Waals surface area contributed by atoms with Crippen LogP contribution in [0.4, 0.5) is 8.78 Å². The highest BCUT2D eigenvalue weighted by molar-refractivity contribution is 5.33. The maximum Gasteiger partial charge on any atom is 0.307 e. The molecule has 0 atom stereocenters. The largest absolute Gasteiger partial charge is 0.446 e. The average molecular weight is 240 g/mol. The fourth-order valence-electron chi connectivity index (χ4n) is 1.39. The van der Waals surface area contributed by atoms with Crippen molar-refractivity contribution < 1.29 is 13.5 Å². The molecule has 0 bridgehead atoms. The van der Waals surface area contributed by atoms with Gasteiger partial charge in [-0.2, -0.15) is 0 Å². The summed E-state index contributed by atoms with van der Waals surface area (Å²) in [5.74, 6) is -1.74. The average Bonchev–Trinajstić information content (AvgIpc) is 2.48. The zero-order valence-corrected chi connectivity index (χ0v) is 9.25. The molecule has 0 saturated carbocycles. The van der Waals surface area contributed by atoms with Crippen molar-refractivity contribution in [2.24, 2.45) is 7.05 Å². The highest BCUT2D eigenvalue weighted by atomic mass is 19.1. The van der Waals surface area contributed by atoms with Crippen molar-refractivity contribution in [2.75, 3.05) is 0 Å². The van der Waals surface area contributed by atoms with Gasteiger partial charge in [-0.1, -0.05) is 0 Å². The molecule has 0 unspecified atom stereocenters. The molecule has 0 fully saturated rings. The fourth-order valence-corrected chi connectivity index (χ4v) is 1.39. The summed E-state index contributed by atoms with van der Waals surface area (Å²) in [6.45, 7) is 1.65. The van der Waals surface area contributed by atoms with Crippen LogP contribution in [0.15, 0.2) is 23.0 Å². The van der Waals surface area contributed by atoms with Crippen LogP contribution in [0.1, 0.15) is 5.69 Å². The van der Waals surface area contributed by atoms with E-state index in [0.717, 1.165) is 12.1 Å². The standard InChI is InChI=1S/C11H10F2N2O2/c1-6-10(11(16)14-15(6)2)17-9-4-3-7(12)5-8(9)13/h3-5H,1-2H3,(H,14,16). The van der Waals surface area contributed by atoms with Crippen molar-refractivity contribution in [2.45, 2.75) is 6.92 Å². The Morgan fingerprint density at radius 1 is 1.35 bits per heavy atom. The molecule has 0 aliphatic rings. The van der Waals surface area contributed by atoms with Gasteiger partial charge in [-0.25, -0.2) is 8.78 Å². The lowest BCUT2D eigenvalue weighted by Gasteiger charge is -2.05. The summed E-state index contributed by atoms with van der Waals surface area (Å²) in [4.78, 5) is 11.4. The molecular weight excluding hydrogens is 230 g/mol. The maximum atomic E-state index is 13.3. The topological polar surface area (TPSA) is 47.0 Å². The number of nitrogens with zero attached hydrogens (tertiary/aromatic N) is 1. The van der Waals surface area contributed by atoms with Gasteiger partial charge in [0.25, 0.3) is 0 Å². The highest BCUT2D eigenvalue weighted by Gasteiger charge is 2.14. The Labute approximate surface area is 95.4 Å². The molecule has 0 aliphatic carbocycles. The first-order chi connectivity index (χ1) is 7.99. The fraction of sp³-hybridized carbons (Fsp3) is 0.182. The number of ether oxygens (including phenoxy) is 1. The van der Waals surface area contributed by atoms with Gasteiger partial charge in [0.05, 0.1) is 5.69 Å². The van der Waals surface area contributed by atoms with Gasteiger partial charge in [0.1, 0.15) is 5.82 Å². The van der Waals surface area contributed by atoms with Crippen LogP contribution >= 0.6 is 0 Å². The van der Waals surface area contributed by atoms with Gasteiger partial charge < -0.3 is 4.74 Å². The molecule has 1 N–H and O–H groups in total. The van der Waals surface area contributed by atoms with Gasteiger partial charge >= 0.3 is 5.56 Å². The molecule has 0 amide bonds. The van der Waals surface area contributed by atoms with Crippen LogP contribution < -0.4 is 10.3 Å². The van der Waals surface area contributed by atoms with E-state index in [1.165, 1.54) is 4.68 Å². The summed E-state index contributed by atoms with van der Waals surface area (Å²) >= 11 is 0. The molecule has 0 saturated heterocycles. The van der Waals surface area contributed by atoms with Gasteiger partial charge in [-0.3, -0.25) is 14.6 Å². The number of hydrogen-bond acceptors (Lipinski definition) is 2. The first kappa shape index (κ1) is 11.4.